The number of carbonyl (C=O) groups excluding carboxylic acids is 3. The Hall–Kier alpha value is -2.95. The van der Waals surface area contributed by atoms with Crippen molar-refractivity contribution in [1.82, 2.24) is 20.9 Å². The number of thioether (sulfide) groups is 1. The van der Waals surface area contributed by atoms with Gasteiger partial charge in [-0.2, -0.15) is 11.8 Å². The molecule has 2 aromatic rings. The lowest BCUT2D eigenvalue weighted by Crippen LogP contribution is -2.57. The first-order valence-corrected chi connectivity index (χ1v) is 16.4. The van der Waals surface area contributed by atoms with E-state index in [0.717, 1.165) is 31.2 Å². The van der Waals surface area contributed by atoms with Gasteiger partial charge in [0.1, 0.15) is 12.1 Å². The smallest absolute Gasteiger partial charge is 0.253 e. The first-order valence-electron chi connectivity index (χ1n) is 15.4. The first-order chi connectivity index (χ1) is 20.6. The molecule has 1 aromatic heterocycles. The highest BCUT2D eigenvalue weighted by Gasteiger charge is 2.36. The van der Waals surface area contributed by atoms with Gasteiger partial charge in [-0.1, -0.05) is 77.8 Å². The fourth-order valence-corrected chi connectivity index (χ4v) is 6.18. The minimum Gasteiger partial charge on any atom is -0.390 e. The Kier molecular flexibility index (Phi) is 16.3. The molecule has 5 atom stereocenters. The van der Waals surface area contributed by atoms with E-state index in [-0.39, 0.29) is 18.2 Å². The number of aliphatic hydroxyl groups is 2. The maximum Gasteiger partial charge on any atom is 0.253 e. The van der Waals surface area contributed by atoms with Gasteiger partial charge in [-0.05, 0) is 42.9 Å². The fourth-order valence-electron chi connectivity index (χ4n) is 4.67. The van der Waals surface area contributed by atoms with Crippen LogP contribution in [0.2, 0.25) is 0 Å². The molecule has 0 aliphatic carbocycles. The average Bonchev–Trinajstić information content (AvgIpc) is 3.01. The molecule has 3 amide bonds. The zero-order valence-corrected chi connectivity index (χ0v) is 27.0. The lowest BCUT2D eigenvalue weighted by molar-refractivity contribution is -0.132. The summed E-state index contributed by atoms with van der Waals surface area (Å²) < 4.78 is 0. The van der Waals surface area contributed by atoms with Crippen LogP contribution >= 0.6 is 11.8 Å². The molecular weight excluding hydrogens is 564 g/mol. The number of aromatic nitrogens is 1. The molecule has 1 heterocycles. The van der Waals surface area contributed by atoms with E-state index in [1.54, 1.807) is 37.0 Å². The highest BCUT2D eigenvalue weighted by Crippen LogP contribution is 2.23. The largest absolute Gasteiger partial charge is 0.390 e. The third-order valence-electron chi connectivity index (χ3n) is 7.26. The minimum absolute atomic E-state index is 0.218. The number of benzene rings is 1. The van der Waals surface area contributed by atoms with Crippen LogP contribution in [0.25, 0.3) is 0 Å². The van der Waals surface area contributed by atoms with E-state index in [1.807, 2.05) is 44.2 Å². The Morgan fingerprint density at radius 1 is 0.884 bits per heavy atom. The molecule has 0 bridgehead atoms. The van der Waals surface area contributed by atoms with Crippen LogP contribution < -0.4 is 16.0 Å². The summed E-state index contributed by atoms with van der Waals surface area (Å²) in [6.07, 6.45) is 4.39. The summed E-state index contributed by atoms with van der Waals surface area (Å²) in [6, 6.07) is 10.8. The Morgan fingerprint density at radius 2 is 1.56 bits per heavy atom. The molecule has 9 nitrogen and oxygen atoms in total. The van der Waals surface area contributed by atoms with Crippen LogP contribution in [0.15, 0.2) is 54.9 Å². The van der Waals surface area contributed by atoms with Crippen molar-refractivity contribution in [3.63, 3.8) is 0 Å². The topological polar surface area (TPSA) is 141 Å². The Bertz CT molecular complexity index is 1100. The summed E-state index contributed by atoms with van der Waals surface area (Å²) in [4.78, 5) is 43.6. The van der Waals surface area contributed by atoms with Gasteiger partial charge in [0.25, 0.3) is 5.91 Å². The zero-order chi connectivity index (χ0) is 31.8. The maximum atomic E-state index is 13.8. The van der Waals surface area contributed by atoms with E-state index in [1.165, 1.54) is 6.20 Å². The van der Waals surface area contributed by atoms with Crippen molar-refractivity contribution < 1.29 is 24.6 Å². The Balaban J connectivity index is 2.29. The SMILES string of the molecule is CCCC(CCC)SCC(NC(=O)c1cccnc1)C(=O)N[C@@H](Cc1ccccc1)[C@@H](O)[C@H](O)[C@@H](C)C(=O)NCC(C)C. The molecule has 1 aromatic carbocycles. The Labute approximate surface area is 261 Å². The highest BCUT2D eigenvalue weighted by atomic mass is 32.2. The number of hydrogen-bond donors (Lipinski definition) is 5. The van der Waals surface area contributed by atoms with Gasteiger partial charge in [0.05, 0.1) is 23.6 Å². The monoisotopic (exact) mass is 614 g/mol. The highest BCUT2D eigenvalue weighted by molar-refractivity contribution is 7.99. The molecule has 43 heavy (non-hydrogen) atoms. The Morgan fingerprint density at radius 3 is 2.14 bits per heavy atom. The van der Waals surface area contributed by atoms with E-state index in [4.69, 9.17) is 0 Å². The van der Waals surface area contributed by atoms with Crippen LogP contribution in [0.4, 0.5) is 0 Å². The standard InChI is InChI=1S/C33H50N4O5S/c1-6-12-26(13-7-2)43-21-28(37-32(41)25-16-11-17-34-20-25)33(42)36-27(18-24-14-9-8-10-15-24)30(39)29(38)23(5)31(40)35-19-22(3)4/h8-11,14-17,20,22-23,26-30,38-39H,6-7,12-13,18-19,21H2,1-5H3,(H,35,40)(H,36,42)(H,37,41)/t23-,27+,28?,29-,30-/m1/s1. The molecule has 2 rings (SSSR count). The van der Waals surface area contributed by atoms with Crippen LogP contribution in [0.5, 0.6) is 0 Å². The number of rotatable bonds is 19. The van der Waals surface area contributed by atoms with E-state index in [2.05, 4.69) is 34.8 Å². The molecule has 5 N–H and O–H groups in total. The van der Waals surface area contributed by atoms with E-state index < -0.39 is 42.0 Å². The van der Waals surface area contributed by atoms with Crippen molar-refractivity contribution in [2.45, 2.75) is 96.3 Å². The molecule has 0 aliphatic heterocycles. The van der Waals surface area contributed by atoms with Crippen LogP contribution in [-0.4, -0.2) is 74.8 Å². The number of amides is 3. The van der Waals surface area contributed by atoms with Gasteiger partial charge >= 0.3 is 0 Å². The second kappa shape index (κ2) is 19.4. The molecule has 10 heteroatoms. The zero-order valence-electron chi connectivity index (χ0n) is 26.2. The lowest BCUT2D eigenvalue weighted by Gasteiger charge is -2.32. The summed E-state index contributed by atoms with van der Waals surface area (Å²) in [6.45, 7) is 10.2. The second-order valence-corrected chi connectivity index (χ2v) is 12.8. The summed E-state index contributed by atoms with van der Waals surface area (Å²) in [5, 5.41) is 31.3. The average molecular weight is 615 g/mol. The van der Waals surface area contributed by atoms with Gasteiger partial charge in [0.15, 0.2) is 0 Å². The molecule has 0 radical (unpaired) electrons. The second-order valence-electron chi connectivity index (χ2n) is 11.5. The van der Waals surface area contributed by atoms with Crippen molar-refractivity contribution in [3.05, 3.63) is 66.0 Å². The molecule has 238 valence electrons. The minimum atomic E-state index is -1.45. The van der Waals surface area contributed by atoms with Crippen molar-refractivity contribution in [3.8, 4) is 0 Å². The molecule has 0 aliphatic rings. The molecule has 0 spiro atoms. The normalized spacial score (nSPS) is 14.9. The van der Waals surface area contributed by atoms with Crippen LogP contribution in [-0.2, 0) is 16.0 Å². The first kappa shape index (κ1) is 36.2. The summed E-state index contributed by atoms with van der Waals surface area (Å²) in [5.41, 5.74) is 1.17. The van der Waals surface area contributed by atoms with Gasteiger partial charge in [0.2, 0.25) is 11.8 Å². The fraction of sp³-hybridized carbons (Fsp3) is 0.576. The summed E-state index contributed by atoms with van der Waals surface area (Å²) >= 11 is 1.65. The molecule has 0 fully saturated rings. The molecular formula is C33H50N4O5S. The van der Waals surface area contributed by atoms with Gasteiger partial charge in [-0.3, -0.25) is 19.4 Å². The van der Waals surface area contributed by atoms with Crippen LogP contribution in [0, 0.1) is 11.8 Å². The summed E-state index contributed by atoms with van der Waals surface area (Å²) in [5.74, 6) is -1.61. The van der Waals surface area contributed by atoms with Crippen LogP contribution in [0.1, 0.15) is 76.2 Å². The van der Waals surface area contributed by atoms with E-state index in [0.29, 0.717) is 23.1 Å². The van der Waals surface area contributed by atoms with Crippen LogP contribution in [0.3, 0.4) is 0 Å². The van der Waals surface area contributed by atoms with Gasteiger partial charge in [-0.15, -0.1) is 0 Å². The van der Waals surface area contributed by atoms with E-state index in [9.17, 15) is 24.6 Å². The van der Waals surface area contributed by atoms with Gasteiger partial charge < -0.3 is 26.2 Å². The lowest BCUT2D eigenvalue weighted by atomic mass is 9.90. The van der Waals surface area contributed by atoms with Crippen molar-refractivity contribution in [2.75, 3.05) is 12.3 Å². The van der Waals surface area contributed by atoms with E-state index >= 15 is 0 Å². The third-order valence-corrected chi connectivity index (χ3v) is 8.73. The molecule has 1 unspecified atom stereocenters. The van der Waals surface area contributed by atoms with Gasteiger partial charge in [0, 0.05) is 29.9 Å². The number of pyridine rings is 1. The maximum absolute atomic E-state index is 13.8. The molecule has 0 saturated carbocycles. The number of nitrogens with one attached hydrogen (secondary N) is 3. The predicted molar refractivity (Wildman–Crippen MR) is 173 cm³/mol. The number of carbonyl (C=O) groups is 3. The van der Waals surface area contributed by atoms with Gasteiger partial charge in [-0.25, -0.2) is 0 Å². The number of aliphatic hydroxyl groups excluding tert-OH is 2. The van der Waals surface area contributed by atoms with Crippen molar-refractivity contribution in [1.29, 1.82) is 0 Å². The predicted octanol–water partition coefficient (Wildman–Crippen LogP) is 3.74. The quantitative estimate of drug-likeness (QED) is 0.162. The third kappa shape index (κ3) is 12.7. The molecule has 0 saturated heterocycles. The number of hydrogen-bond acceptors (Lipinski definition) is 7. The summed E-state index contributed by atoms with van der Waals surface area (Å²) in [7, 11) is 0. The number of nitrogens with zero attached hydrogens (tertiary/aromatic N) is 1. The van der Waals surface area contributed by atoms with Crippen molar-refractivity contribution in [2.24, 2.45) is 11.8 Å². The van der Waals surface area contributed by atoms with Crippen molar-refractivity contribution >= 4 is 29.5 Å².